The zero-order valence-corrected chi connectivity index (χ0v) is 25.2. The predicted molar refractivity (Wildman–Crippen MR) is 172 cm³/mol. The van der Waals surface area contributed by atoms with E-state index in [-0.39, 0.29) is 17.9 Å². The highest BCUT2D eigenvalue weighted by atomic mass is 127. The quantitative estimate of drug-likeness (QED) is 0.0922. The van der Waals surface area contributed by atoms with E-state index >= 15 is 0 Å². The van der Waals surface area contributed by atoms with Crippen LogP contribution < -0.4 is 15.6 Å². The number of carbonyl (C=O) groups excluding carboxylic acids is 3. The minimum absolute atomic E-state index is 0.0326. The van der Waals surface area contributed by atoms with Crippen LogP contribution >= 0.6 is 22.6 Å². The first-order valence-electron chi connectivity index (χ1n) is 14.0. The predicted octanol–water partition coefficient (Wildman–Crippen LogP) is 4.96. The molecule has 0 saturated carbocycles. The molecule has 2 N–H and O–H groups in total. The molecule has 3 aliphatic carbocycles. The van der Waals surface area contributed by atoms with Crippen molar-refractivity contribution in [1.29, 1.82) is 0 Å². The number of para-hydroxylation sites is 2. The molecule has 8 rings (SSSR count). The molecule has 1 aliphatic heterocycles. The summed E-state index contributed by atoms with van der Waals surface area (Å²) in [5.74, 6) is -3.62. The van der Waals surface area contributed by atoms with Gasteiger partial charge >= 0.3 is 0 Å². The number of nitro benzene ring substituents is 1. The van der Waals surface area contributed by atoms with E-state index in [1.807, 2.05) is 72.8 Å². The average Bonchev–Trinajstić information content (AvgIpc) is 3.31. The summed E-state index contributed by atoms with van der Waals surface area (Å²) in [5.41, 5.74) is 5.16. The number of nitro groups is 1. The Balaban J connectivity index is 1.31. The molecule has 4 aromatic carbocycles. The molecule has 1 heterocycles. The van der Waals surface area contributed by atoms with E-state index in [4.69, 9.17) is 0 Å². The summed E-state index contributed by atoms with van der Waals surface area (Å²) in [6.45, 7) is -0.0326. The van der Waals surface area contributed by atoms with Crippen LogP contribution in [0.1, 0.15) is 28.2 Å². The fourth-order valence-corrected chi connectivity index (χ4v) is 7.45. The lowest BCUT2D eigenvalue weighted by molar-refractivity contribution is -0.384. The molecule has 44 heavy (non-hydrogen) atoms. The molecule has 0 radical (unpaired) electrons. The molecule has 0 aromatic heterocycles. The van der Waals surface area contributed by atoms with E-state index in [1.54, 1.807) is 12.3 Å². The number of nitrogens with one attached hydrogen (secondary N) is 2. The first-order valence-corrected chi connectivity index (χ1v) is 15.0. The second kappa shape index (κ2) is 10.7. The van der Waals surface area contributed by atoms with E-state index < -0.39 is 45.8 Å². The zero-order valence-electron chi connectivity index (χ0n) is 23.0. The molecule has 0 unspecified atom stereocenters. The van der Waals surface area contributed by atoms with Crippen molar-refractivity contribution >= 4 is 63.6 Å². The van der Waals surface area contributed by atoms with Gasteiger partial charge in [-0.25, -0.2) is 10.3 Å². The van der Waals surface area contributed by atoms with Gasteiger partial charge in [0.15, 0.2) is 0 Å². The number of amides is 3. The molecule has 1 fully saturated rings. The highest BCUT2D eigenvalue weighted by molar-refractivity contribution is 14.1. The van der Waals surface area contributed by atoms with Crippen LogP contribution in [0, 0.1) is 25.5 Å². The fraction of sp³-hybridized carbons (Fsp3) is 0.152. The number of hydrogen-bond acceptors (Lipinski definition) is 7. The number of hydrazone groups is 1. The lowest BCUT2D eigenvalue weighted by Crippen LogP contribution is -2.54. The van der Waals surface area contributed by atoms with E-state index in [0.29, 0.717) is 0 Å². The van der Waals surface area contributed by atoms with Crippen LogP contribution in [-0.4, -0.2) is 35.4 Å². The van der Waals surface area contributed by atoms with Gasteiger partial charge in [-0.05, 0) is 75.2 Å². The van der Waals surface area contributed by atoms with Crippen LogP contribution in [0.2, 0.25) is 0 Å². The maximum atomic E-state index is 14.4. The van der Waals surface area contributed by atoms with E-state index in [9.17, 15) is 24.5 Å². The molecule has 3 amide bonds. The van der Waals surface area contributed by atoms with Crippen LogP contribution in [0.5, 0.6) is 0 Å². The van der Waals surface area contributed by atoms with Gasteiger partial charge in [0.2, 0.25) is 11.8 Å². The molecule has 11 heteroatoms. The number of rotatable bonds is 7. The van der Waals surface area contributed by atoms with Crippen molar-refractivity contribution in [2.45, 2.75) is 11.3 Å². The Morgan fingerprint density at radius 1 is 0.909 bits per heavy atom. The number of imide groups is 1. The van der Waals surface area contributed by atoms with Gasteiger partial charge in [0.05, 0.1) is 28.7 Å². The first-order chi connectivity index (χ1) is 21.3. The van der Waals surface area contributed by atoms with Gasteiger partial charge in [0.25, 0.3) is 11.6 Å². The largest absolute Gasteiger partial charge is 0.376 e. The van der Waals surface area contributed by atoms with Gasteiger partial charge in [-0.15, -0.1) is 0 Å². The summed E-state index contributed by atoms with van der Waals surface area (Å²) in [6.07, 6.45) is 1.56. The van der Waals surface area contributed by atoms with Crippen LogP contribution in [-0.2, 0) is 19.8 Å². The highest BCUT2D eigenvalue weighted by Gasteiger charge is 2.68. The van der Waals surface area contributed by atoms with Gasteiger partial charge < -0.3 is 5.32 Å². The fourth-order valence-electron chi connectivity index (χ4n) is 7.09. The van der Waals surface area contributed by atoms with E-state index in [0.717, 1.165) is 36.4 Å². The maximum Gasteiger partial charge on any atom is 0.293 e. The highest BCUT2D eigenvalue weighted by Crippen LogP contribution is 2.63. The first kappa shape index (κ1) is 27.9. The zero-order chi connectivity index (χ0) is 30.6. The number of carbonyl (C=O) groups is 3. The third kappa shape index (κ3) is 4.13. The van der Waals surface area contributed by atoms with Gasteiger partial charge in [-0.1, -0.05) is 60.7 Å². The Labute approximate surface area is 265 Å². The summed E-state index contributed by atoms with van der Waals surface area (Å²) in [7, 11) is 0. The minimum atomic E-state index is -1.21. The number of benzene rings is 4. The second-order valence-electron chi connectivity index (χ2n) is 10.9. The molecule has 1 saturated heterocycles. The molecule has 4 aromatic rings. The Kier molecular flexibility index (Phi) is 6.76. The second-order valence-corrected chi connectivity index (χ2v) is 12.2. The summed E-state index contributed by atoms with van der Waals surface area (Å²) in [6, 6.07) is 28.6. The number of anilines is 2. The van der Waals surface area contributed by atoms with Crippen molar-refractivity contribution in [3.63, 3.8) is 0 Å². The van der Waals surface area contributed by atoms with E-state index in [2.05, 4.69) is 38.4 Å². The number of halogens is 1. The van der Waals surface area contributed by atoms with Crippen LogP contribution in [0.15, 0.2) is 102 Å². The van der Waals surface area contributed by atoms with Crippen molar-refractivity contribution in [2.24, 2.45) is 16.9 Å². The number of hydrogen-bond donors (Lipinski definition) is 2. The molecule has 0 spiro atoms. The Bertz CT molecular complexity index is 1840. The smallest absolute Gasteiger partial charge is 0.293 e. The molecule has 2 atom stereocenters. The van der Waals surface area contributed by atoms with Crippen LogP contribution in [0.4, 0.5) is 17.1 Å². The Morgan fingerprint density at radius 2 is 1.52 bits per heavy atom. The minimum Gasteiger partial charge on any atom is -0.376 e. The third-order valence-electron chi connectivity index (χ3n) is 8.76. The molecule has 10 nitrogen and oxygen atoms in total. The van der Waals surface area contributed by atoms with Crippen LogP contribution in [0.25, 0.3) is 0 Å². The summed E-state index contributed by atoms with van der Waals surface area (Å²) >= 11 is 2.20. The lowest BCUT2D eigenvalue weighted by atomic mass is 9.47. The van der Waals surface area contributed by atoms with Crippen molar-refractivity contribution in [3.05, 3.63) is 133 Å². The normalized spacial score (nSPS) is 22.8. The van der Waals surface area contributed by atoms with Crippen molar-refractivity contribution in [2.75, 3.05) is 16.8 Å². The van der Waals surface area contributed by atoms with Crippen molar-refractivity contribution in [3.8, 4) is 0 Å². The Hall–Kier alpha value is -4.91. The lowest BCUT2D eigenvalue weighted by Gasteiger charge is -2.52. The van der Waals surface area contributed by atoms with Gasteiger partial charge in [-0.2, -0.15) is 5.10 Å². The van der Waals surface area contributed by atoms with E-state index in [1.165, 1.54) is 18.2 Å². The monoisotopic (exact) mass is 697 g/mol. The molecular weight excluding hydrogens is 673 g/mol. The maximum absolute atomic E-state index is 14.4. The average molecular weight is 697 g/mol. The van der Waals surface area contributed by atoms with Crippen molar-refractivity contribution in [1.82, 2.24) is 5.43 Å². The summed E-state index contributed by atoms with van der Waals surface area (Å²) < 4.78 is 1.07. The van der Waals surface area contributed by atoms with Crippen molar-refractivity contribution < 1.29 is 19.3 Å². The molecule has 2 bridgehead atoms. The summed E-state index contributed by atoms with van der Waals surface area (Å²) in [5, 5.41) is 19.4. The Morgan fingerprint density at radius 3 is 2.18 bits per heavy atom. The SMILES string of the molecule is O=C(CNc1ccc(I)cc1)N/N=C\C12c3ccccc3C(c3ccccc31)[C@H]1C(=O)N(c3ccccc3[N+](=O)[O-])C(=O)[C@@H]12. The third-order valence-corrected chi connectivity index (χ3v) is 9.48. The van der Waals surface area contributed by atoms with Gasteiger partial charge in [0.1, 0.15) is 5.69 Å². The standard InChI is InChI=1S/C33H24IN5O5/c34-19-13-15-20(16-14-19)35-17-27(40)37-36-18-33-23-9-3-1-7-21(23)28(22-8-2-4-10-24(22)33)29-30(33)32(42)38(31(29)41)25-11-5-6-12-26(25)39(43)44/h1-16,18,28-30,35H,17H2,(H,37,40)/b36-18-/t28?,29-,30-,33?/m1/s1. The van der Waals surface area contributed by atoms with Crippen LogP contribution in [0.3, 0.4) is 0 Å². The van der Waals surface area contributed by atoms with Gasteiger partial charge in [-0.3, -0.25) is 24.5 Å². The topological polar surface area (TPSA) is 134 Å². The molecule has 218 valence electrons. The molecular formula is C33H24IN5O5. The molecule has 4 aliphatic rings. The summed E-state index contributed by atoms with van der Waals surface area (Å²) in [4.78, 5) is 53.8. The number of nitrogens with zero attached hydrogens (tertiary/aromatic N) is 3. The van der Waals surface area contributed by atoms with Gasteiger partial charge in [0, 0.05) is 27.5 Å².